The number of alkyl halides is 3. The van der Waals surface area contributed by atoms with Gasteiger partial charge in [0.1, 0.15) is 0 Å². The van der Waals surface area contributed by atoms with Crippen LogP contribution in [0.5, 0.6) is 0 Å². The Labute approximate surface area is 95.0 Å². The molecule has 0 radical (unpaired) electrons. The molecule has 5 nitrogen and oxygen atoms in total. The second kappa shape index (κ2) is 5.15. The van der Waals surface area contributed by atoms with Crippen molar-refractivity contribution in [3.05, 3.63) is 23.7 Å². The maximum absolute atomic E-state index is 12.5. The second-order valence-corrected chi connectivity index (χ2v) is 3.00. The minimum absolute atomic E-state index is 0.0586. The van der Waals surface area contributed by atoms with Gasteiger partial charge in [0.2, 0.25) is 5.82 Å². The molecule has 0 unspecified atom stereocenters. The number of hydrogen-bond donors (Lipinski definition) is 2. The van der Waals surface area contributed by atoms with Crippen molar-refractivity contribution in [2.45, 2.75) is 13.1 Å². The van der Waals surface area contributed by atoms with Crippen molar-refractivity contribution in [3.8, 4) is 0 Å². The summed E-state index contributed by atoms with van der Waals surface area (Å²) in [7, 11) is -1.85. The van der Waals surface area contributed by atoms with Crippen LogP contribution in [0.4, 0.5) is 13.2 Å². The van der Waals surface area contributed by atoms with Gasteiger partial charge in [-0.05, 0) is 19.0 Å². The molecule has 0 saturated carbocycles. The molecule has 0 aliphatic rings. The fourth-order valence-electron chi connectivity index (χ4n) is 1.07. The molecule has 1 aromatic rings. The number of nitrogens with zero attached hydrogens (tertiary/aromatic N) is 3. The molecule has 9 heteroatoms. The maximum Gasteiger partial charge on any atom is 0.482 e. The van der Waals surface area contributed by atoms with E-state index in [1.807, 2.05) is 0 Å². The second-order valence-electron chi connectivity index (χ2n) is 3.00. The van der Waals surface area contributed by atoms with Crippen molar-refractivity contribution in [1.29, 1.82) is 0 Å². The third-order valence-corrected chi connectivity index (χ3v) is 1.70. The van der Waals surface area contributed by atoms with E-state index in [-0.39, 0.29) is 5.82 Å². The highest BCUT2D eigenvalue weighted by Crippen LogP contribution is 2.28. The molecule has 1 heterocycles. The highest BCUT2D eigenvalue weighted by molar-refractivity contribution is 6.48. The molecule has 0 saturated heterocycles. The number of hydrogen-bond acceptors (Lipinski definition) is 4. The summed E-state index contributed by atoms with van der Waals surface area (Å²) in [5.41, 5.74) is 0. The average molecular weight is 247 g/mol. The number of allylic oxidation sites excluding steroid dienone is 1. The van der Waals surface area contributed by atoms with E-state index in [0.29, 0.717) is 4.57 Å². The van der Waals surface area contributed by atoms with Gasteiger partial charge in [-0.3, -0.25) is 4.57 Å². The zero-order valence-electron chi connectivity index (χ0n) is 8.76. The highest BCUT2D eigenvalue weighted by atomic mass is 19.4. The molecular formula is C8H9BF3N3O2. The lowest BCUT2D eigenvalue weighted by atomic mass is 9.93. The summed E-state index contributed by atoms with van der Waals surface area (Å²) in [5, 5.41) is 23.5. The van der Waals surface area contributed by atoms with E-state index < -0.39 is 19.1 Å². The van der Waals surface area contributed by atoms with E-state index in [1.54, 1.807) is 6.92 Å². The first kappa shape index (κ1) is 13.5. The SMILES string of the molecule is C/C=C\c1nnc(C(F)(F)F)n1/C=C/B(O)O. The fourth-order valence-corrected chi connectivity index (χ4v) is 1.07. The Morgan fingerprint density at radius 3 is 2.41 bits per heavy atom. The van der Waals surface area contributed by atoms with Crippen molar-refractivity contribution in [2.24, 2.45) is 0 Å². The predicted octanol–water partition coefficient (Wildman–Crippen LogP) is 0.813. The molecule has 92 valence electrons. The first-order chi connectivity index (χ1) is 7.86. The van der Waals surface area contributed by atoms with Crippen LogP contribution in [0.1, 0.15) is 18.6 Å². The van der Waals surface area contributed by atoms with Gasteiger partial charge in [-0.1, -0.05) is 6.08 Å². The summed E-state index contributed by atoms with van der Waals surface area (Å²) < 4.78 is 38.2. The fraction of sp³-hybridized carbons (Fsp3) is 0.250. The lowest BCUT2D eigenvalue weighted by Crippen LogP contribution is -2.14. The molecule has 0 spiro atoms. The lowest BCUT2D eigenvalue weighted by molar-refractivity contribution is -0.146. The Morgan fingerprint density at radius 2 is 1.94 bits per heavy atom. The van der Waals surface area contributed by atoms with Crippen LogP contribution in [-0.4, -0.2) is 31.9 Å². The molecule has 0 aliphatic carbocycles. The van der Waals surface area contributed by atoms with Crippen LogP contribution in [0.3, 0.4) is 0 Å². The van der Waals surface area contributed by atoms with Gasteiger partial charge in [0, 0.05) is 6.20 Å². The smallest absolute Gasteiger partial charge is 0.424 e. The Bertz CT molecular complexity index is 440. The molecule has 0 fully saturated rings. The zero-order chi connectivity index (χ0) is 13.1. The average Bonchev–Trinajstić information content (AvgIpc) is 2.58. The summed E-state index contributed by atoms with van der Waals surface area (Å²) >= 11 is 0. The van der Waals surface area contributed by atoms with E-state index in [0.717, 1.165) is 12.2 Å². The van der Waals surface area contributed by atoms with Gasteiger partial charge in [-0.25, -0.2) is 0 Å². The van der Waals surface area contributed by atoms with E-state index in [9.17, 15) is 13.2 Å². The standard InChI is InChI=1S/C8H9BF3N3O2/c1-2-3-6-13-14-7(8(10,11)12)15(6)5-4-9(16)17/h2-5,16-17H,1H3/b3-2-,5-4+. The van der Waals surface area contributed by atoms with Crippen molar-refractivity contribution in [2.75, 3.05) is 0 Å². The van der Waals surface area contributed by atoms with Gasteiger partial charge in [0.25, 0.3) is 0 Å². The van der Waals surface area contributed by atoms with Crippen LogP contribution in [0.15, 0.2) is 12.1 Å². The lowest BCUT2D eigenvalue weighted by Gasteiger charge is -2.06. The van der Waals surface area contributed by atoms with Crippen LogP contribution < -0.4 is 0 Å². The predicted molar refractivity (Wildman–Crippen MR) is 55.3 cm³/mol. The molecule has 0 atom stereocenters. The van der Waals surface area contributed by atoms with Gasteiger partial charge in [0.05, 0.1) is 0 Å². The van der Waals surface area contributed by atoms with E-state index in [2.05, 4.69) is 10.2 Å². The molecule has 0 aromatic carbocycles. The molecule has 0 bridgehead atoms. The van der Waals surface area contributed by atoms with Crippen molar-refractivity contribution in [3.63, 3.8) is 0 Å². The zero-order valence-corrected chi connectivity index (χ0v) is 8.76. The van der Waals surface area contributed by atoms with Gasteiger partial charge in [-0.2, -0.15) is 13.2 Å². The summed E-state index contributed by atoms with van der Waals surface area (Å²) in [4.78, 5) is 0. The topological polar surface area (TPSA) is 71.2 Å². The number of halogens is 3. The summed E-state index contributed by atoms with van der Waals surface area (Å²) in [6.45, 7) is 1.61. The van der Waals surface area contributed by atoms with Crippen LogP contribution in [0.2, 0.25) is 0 Å². The van der Waals surface area contributed by atoms with Gasteiger partial charge < -0.3 is 10.0 Å². The summed E-state index contributed by atoms with van der Waals surface area (Å²) in [6, 6.07) is 0. The Morgan fingerprint density at radius 1 is 1.29 bits per heavy atom. The Hall–Kier alpha value is -1.61. The normalized spacial score (nSPS) is 12.8. The van der Waals surface area contributed by atoms with Gasteiger partial charge in [-0.15, -0.1) is 10.2 Å². The van der Waals surface area contributed by atoms with Crippen LogP contribution in [-0.2, 0) is 6.18 Å². The molecule has 17 heavy (non-hydrogen) atoms. The third kappa shape index (κ3) is 3.43. The van der Waals surface area contributed by atoms with Crippen LogP contribution in [0.25, 0.3) is 12.3 Å². The molecule has 1 aromatic heterocycles. The van der Waals surface area contributed by atoms with Gasteiger partial charge >= 0.3 is 13.3 Å². The number of aromatic nitrogens is 3. The van der Waals surface area contributed by atoms with Gasteiger partial charge in [0.15, 0.2) is 5.82 Å². The number of rotatable bonds is 3. The largest absolute Gasteiger partial charge is 0.482 e. The molecule has 1 rings (SSSR count). The molecule has 0 aliphatic heterocycles. The van der Waals surface area contributed by atoms with E-state index in [4.69, 9.17) is 10.0 Å². The van der Waals surface area contributed by atoms with Crippen molar-refractivity contribution < 1.29 is 23.2 Å². The first-order valence-electron chi connectivity index (χ1n) is 4.55. The minimum Gasteiger partial charge on any atom is -0.424 e. The van der Waals surface area contributed by atoms with Crippen molar-refractivity contribution >= 4 is 19.4 Å². The van der Waals surface area contributed by atoms with Crippen LogP contribution >= 0.6 is 0 Å². The monoisotopic (exact) mass is 247 g/mol. The van der Waals surface area contributed by atoms with Crippen LogP contribution in [0, 0.1) is 0 Å². The summed E-state index contributed by atoms with van der Waals surface area (Å²) in [5.74, 6) is -0.523. The van der Waals surface area contributed by atoms with E-state index in [1.165, 1.54) is 12.2 Å². The van der Waals surface area contributed by atoms with Crippen molar-refractivity contribution in [1.82, 2.24) is 14.8 Å². The molecule has 2 N–H and O–H groups in total. The Kier molecular flexibility index (Phi) is 4.08. The maximum atomic E-state index is 12.5. The first-order valence-corrected chi connectivity index (χ1v) is 4.55. The third-order valence-electron chi connectivity index (χ3n) is 1.70. The minimum atomic E-state index is -4.67. The summed E-state index contributed by atoms with van der Waals surface area (Å²) in [6.07, 6.45) is -1.01. The molecular weight excluding hydrogens is 238 g/mol. The molecule has 0 amide bonds. The Balaban J connectivity index is 3.24. The quantitative estimate of drug-likeness (QED) is 0.775. The highest BCUT2D eigenvalue weighted by Gasteiger charge is 2.37. The van der Waals surface area contributed by atoms with E-state index >= 15 is 0 Å².